The monoisotopic (exact) mass is 296 g/mol. The van der Waals surface area contributed by atoms with Crippen molar-refractivity contribution in [2.45, 2.75) is 0 Å². The van der Waals surface area contributed by atoms with Gasteiger partial charge in [-0.15, -0.1) is 0 Å². The molecular weight excluding hydrogens is 276 g/mol. The Morgan fingerprint density at radius 1 is 1.00 bits per heavy atom. The van der Waals surface area contributed by atoms with Crippen LogP contribution in [0.3, 0.4) is 0 Å². The number of nitrogens with zero attached hydrogens (tertiary/aromatic N) is 2. The summed E-state index contributed by atoms with van der Waals surface area (Å²) in [5.74, 6) is -0.880. The van der Waals surface area contributed by atoms with E-state index in [0.717, 1.165) is 43.0 Å². The van der Waals surface area contributed by atoms with Crippen molar-refractivity contribution in [1.82, 2.24) is 4.90 Å². The summed E-state index contributed by atoms with van der Waals surface area (Å²) in [5, 5.41) is 9.28. The molecule has 0 saturated carbocycles. The summed E-state index contributed by atoms with van der Waals surface area (Å²) in [7, 11) is 2.11. The molecule has 1 N–H and O–H groups in total. The van der Waals surface area contributed by atoms with Crippen molar-refractivity contribution in [3.8, 4) is 11.1 Å². The van der Waals surface area contributed by atoms with Crippen LogP contribution < -0.4 is 4.90 Å². The largest absolute Gasteiger partial charge is 0.478 e. The number of likely N-dealkylation sites (N-methyl/N-ethyl adjacent to an activating group) is 1. The zero-order chi connectivity index (χ0) is 15.5. The fourth-order valence-corrected chi connectivity index (χ4v) is 2.84. The fraction of sp³-hybridized carbons (Fsp3) is 0.278. The highest BCUT2D eigenvalue weighted by Crippen LogP contribution is 2.32. The van der Waals surface area contributed by atoms with E-state index in [1.54, 1.807) is 12.1 Å². The van der Waals surface area contributed by atoms with Crippen LogP contribution >= 0.6 is 0 Å². The summed E-state index contributed by atoms with van der Waals surface area (Å²) < 4.78 is 0. The van der Waals surface area contributed by atoms with E-state index in [1.807, 2.05) is 24.3 Å². The Bertz CT molecular complexity index is 662. The summed E-state index contributed by atoms with van der Waals surface area (Å²) in [5.41, 5.74) is 3.57. The zero-order valence-electron chi connectivity index (χ0n) is 12.7. The lowest BCUT2D eigenvalue weighted by Gasteiger charge is -2.35. The number of carbonyl (C=O) groups is 1. The highest BCUT2D eigenvalue weighted by atomic mass is 16.4. The van der Waals surface area contributed by atoms with Crippen molar-refractivity contribution in [3.05, 3.63) is 54.1 Å². The maximum absolute atomic E-state index is 11.3. The second-order valence-electron chi connectivity index (χ2n) is 5.69. The number of hydrogen-bond acceptors (Lipinski definition) is 3. The first-order chi connectivity index (χ1) is 10.6. The van der Waals surface area contributed by atoms with Gasteiger partial charge in [-0.3, -0.25) is 0 Å². The SMILES string of the molecule is CN1CCN(c2cc(C(=O)O)ccc2-c2ccccc2)CC1. The molecule has 0 aliphatic carbocycles. The minimum atomic E-state index is -0.880. The number of hydrogen-bond donors (Lipinski definition) is 1. The molecule has 0 unspecified atom stereocenters. The quantitative estimate of drug-likeness (QED) is 0.946. The van der Waals surface area contributed by atoms with E-state index in [0.29, 0.717) is 5.56 Å². The molecule has 0 radical (unpaired) electrons. The second kappa shape index (κ2) is 6.20. The molecule has 0 spiro atoms. The Balaban J connectivity index is 2.04. The van der Waals surface area contributed by atoms with Gasteiger partial charge in [0.2, 0.25) is 0 Å². The van der Waals surface area contributed by atoms with Crippen molar-refractivity contribution >= 4 is 11.7 Å². The van der Waals surface area contributed by atoms with Gasteiger partial charge in [-0.1, -0.05) is 36.4 Å². The van der Waals surface area contributed by atoms with E-state index in [4.69, 9.17) is 0 Å². The molecule has 3 rings (SSSR count). The van der Waals surface area contributed by atoms with Crippen molar-refractivity contribution in [2.75, 3.05) is 38.1 Å². The van der Waals surface area contributed by atoms with E-state index in [1.165, 1.54) is 0 Å². The van der Waals surface area contributed by atoms with Gasteiger partial charge in [-0.05, 0) is 24.7 Å². The second-order valence-corrected chi connectivity index (χ2v) is 5.69. The zero-order valence-corrected chi connectivity index (χ0v) is 12.7. The van der Waals surface area contributed by atoms with Crippen molar-refractivity contribution in [2.24, 2.45) is 0 Å². The number of rotatable bonds is 3. The van der Waals surface area contributed by atoms with Crippen LogP contribution in [0.1, 0.15) is 10.4 Å². The average molecular weight is 296 g/mol. The topological polar surface area (TPSA) is 43.8 Å². The van der Waals surface area contributed by atoms with Gasteiger partial charge in [0, 0.05) is 37.4 Å². The standard InChI is InChI=1S/C18H20N2O2/c1-19-9-11-20(12-10-19)17-13-15(18(21)22)7-8-16(17)14-5-3-2-4-6-14/h2-8,13H,9-12H2,1H3,(H,21,22). The summed E-state index contributed by atoms with van der Waals surface area (Å²) in [4.78, 5) is 15.9. The number of anilines is 1. The number of carboxylic acid groups (broad SMARTS) is 1. The Morgan fingerprint density at radius 2 is 1.68 bits per heavy atom. The van der Waals surface area contributed by atoms with Gasteiger partial charge in [0.25, 0.3) is 0 Å². The molecule has 0 atom stereocenters. The first-order valence-electron chi connectivity index (χ1n) is 7.51. The first kappa shape index (κ1) is 14.6. The van der Waals surface area contributed by atoms with Gasteiger partial charge >= 0.3 is 5.97 Å². The van der Waals surface area contributed by atoms with Crippen molar-refractivity contribution < 1.29 is 9.90 Å². The van der Waals surface area contributed by atoms with Gasteiger partial charge in [0.15, 0.2) is 0 Å². The Kier molecular flexibility index (Phi) is 4.11. The molecule has 22 heavy (non-hydrogen) atoms. The fourth-order valence-electron chi connectivity index (χ4n) is 2.84. The summed E-state index contributed by atoms with van der Waals surface area (Å²) in [6, 6.07) is 15.5. The van der Waals surface area contributed by atoms with Crippen LogP contribution in [0.5, 0.6) is 0 Å². The summed E-state index contributed by atoms with van der Waals surface area (Å²) in [6.45, 7) is 3.82. The van der Waals surface area contributed by atoms with E-state index in [9.17, 15) is 9.90 Å². The lowest BCUT2D eigenvalue weighted by atomic mass is 10.00. The van der Waals surface area contributed by atoms with Gasteiger partial charge in [0.1, 0.15) is 0 Å². The van der Waals surface area contributed by atoms with E-state index < -0.39 is 5.97 Å². The molecule has 114 valence electrons. The predicted octanol–water partition coefficient (Wildman–Crippen LogP) is 2.80. The van der Waals surface area contributed by atoms with Crippen LogP contribution in [0.25, 0.3) is 11.1 Å². The number of aromatic carboxylic acids is 1. The lowest BCUT2D eigenvalue weighted by molar-refractivity contribution is 0.0697. The number of benzene rings is 2. The van der Waals surface area contributed by atoms with E-state index in [2.05, 4.69) is 29.0 Å². The first-order valence-corrected chi connectivity index (χ1v) is 7.51. The highest BCUT2D eigenvalue weighted by Gasteiger charge is 2.19. The number of carboxylic acids is 1. The maximum atomic E-state index is 11.3. The van der Waals surface area contributed by atoms with Crippen LogP contribution in [0.2, 0.25) is 0 Å². The molecule has 1 fully saturated rings. The van der Waals surface area contributed by atoms with E-state index >= 15 is 0 Å². The molecule has 0 bridgehead atoms. The molecule has 2 aromatic rings. The molecule has 1 aliphatic heterocycles. The van der Waals surface area contributed by atoms with Gasteiger partial charge < -0.3 is 14.9 Å². The highest BCUT2D eigenvalue weighted by molar-refractivity contribution is 5.92. The van der Waals surface area contributed by atoms with Crippen LogP contribution in [-0.4, -0.2) is 49.2 Å². The molecule has 0 amide bonds. The smallest absolute Gasteiger partial charge is 0.335 e. The van der Waals surface area contributed by atoms with Crippen LogP contribution in [0, 0.1) is 0 Å². The Morgan fingerprint density at radius 3 is 2.32 bits per heavy atom. The third kappa shape index (κ3) is 2.97. The molecule has 1 aliphatic rings. The van der Waals surface area contributed by atoms with Gasteiger partial charge in [-0.25, -0.2) is 4.79 Å². The van der Waals surface area contributed by atoms with E-state index in [-0.39, 0.29) is 0 Å². The Labute approximate surface area is 130 Å². The average Bonchev–Trinajstić information content (AvgIpc) is 2.56. The van der Waals surface area contributed by atoms with Crippen LogP contribution in [0.4, 0.5) is 5.69 Å². The van der Waals surface area contributed by atoms with Crippen LogP contribution in [-0.2, 0) is 0 Å². The van der Waals surface area contributed by atoms with Crippen molar-refractivity contribution in [1.29, 1.82) is 0 Å². The molecule has 2 aromatic carbocycles. The molecule has 4 nitrogen and oxygen atoms in total. The lowest BCUT2D eigenvalue weighted by Crippen LogP contribution is -2.44. The minimum Gasteiger partial charge on any atom is -0.478 e. The number of piperazine rings is 1. The predicted molar refractivity (Wildman–Crippen MR) is 88.5 cm³/mol. The molecule has 1 heterocycles. The van der Waals surface area contributed by atoms with Crippen LogP contribution in [0.15, 0.2) is 48.5 Å². The maximum Gasteiger partial charge on any atom is 0.335 e. The third-order valence-electron chi connectivity index (χ3n) is 4.17. The Hall–Kier alpha value is -2.33. The summed E-state index contributed by atoms with van der Waals surface area (Å²) >= 11 is 0. The normalized spacial score (nSPS) is 15.8. The minimum absolute atomic E-state index is 0.341. The molecule has 1 saturated heterocycles. The third-order valence-corrected chi connectivity index (χ3v) is 4.17. The van der Waals surface area contributed by atoms with Gasteiger partial charge in [-0.2, -0.15) is 0 Å². The summed E-state index contributed by atoms with van der Waals surface area (Å²) in [6.07, 6.45) is 0. The van der Waals surface area contributed by atoms with Crippen molar-refractivity contribution in [3.63, 3.8) is 0 Å². The van der Waals surface area contributed by atoms with Gasteiger partial charge in [0.05, 0.1) is 5.56 Å². The molecule has 0 aromatic heterocycles. The molecular formula is C18H20N2O2. The molecule has 4 heteroatoms.